The van der Waals surface area contributed by atoms with Crippen molar-refractivity contribution < 1.29 is 0 Å². The van der Waals surface area contributed by atoms with E-state index in [1.165, 1.54) is 16.0 Å². The standard InChI is InChI=1S/C17H16N2S/c1-12-6-5-9-14(10-12)16-15(20-17(18)19-16)11-13-7-3-2-4-8-13/h2-10H,11H2,1H3,(H2,18,19). The number of anilines is 1. The van der Waals surface area contributed by atoms with E-state index in [1.807, 2.05) is 6.07 Å². The summed E-state index contributed by atoms with van der Waals surface area (Å²) in [6.07, 6.45) is 0.874. The van der Waals surface area contributed by atoms with Crippen LogP contribution in [0.15, 0.2) is 54.6 Å². The molecule has 20 heavy (non-hydrogen) atoms. The Hall–Kier alpha value is -2.13. The average molecular weight is 280 g/mol. The molecule has 0 saturated carbocycles. The highest BCUT2D eigenvalue weighted by molar-refractivity contribution is 7.15. The third-order valence-corrected chi connectivity index (χ3v) is 4.10. The molecular weight excluding hydrogens is 264 g/mol. The Kier molecular flexibility index (Phi) is 3.52. The summed E-state index contributed by atoms with van der Waals surface area (Å²) in [6, 6.07) is 18.8. The minimum Gasteiger partial charge on any atom is -0.375 e. The Labute approximate surface area is 122 Å². The zero-order valence-electron chi connectivity index (χ0n) is 11.3. The van der Waals surface area contributed by atoms with Gasteiger partial charge in [-0.05, 0) is 18.6 Å². The van der Waals surface area contributed by atoms with Crippen molar-refractivity contribution in [1.29, 1.82) is 0 Å². The highest BCUT2D eigenvalue weighted by atomic mass is 32.1. The molecule has 2 N–H and O–H groups in total. The van der Waals surface area contributed by atoms with Gasteiger partial charge >= 0.3 is 0 Å². The number of thiazole rings is 1. The molecule has 0 aliphatic carbocycles. The molecule has 0 aliphatic rings. The van der Waals surface area contributed by atoms with Crippen molar-refractivity contribution in [2.45, 2.75) is 13.3 Å². The summed E-state index contributed by atoms with van der Waals surface area (Å²) in [7, 11) is 0. The van der Waals surface area contributed by atoms with Gasteiger partial charge in [-0.3, -0.25) is 0 Å². The molecule has 0 amide bonds. The molecule has 0 saturated heterocycles. The fourth-order valence-electron chi connectivity index (χ4n) is 2.29. The first-order chi connectivity index (χ1) is 9.72. The van der Waals surface area contributed by atoms with Gasteiger partial charge in [0.1, 0.15) is 0 Å². The topological polar surface area (TPSA) is 38.9 Å². The first-order valence-corrected chi connectivity index (χ1v) is 7.40. The predicted octanol–water partition coefficient (Wildman–Crippen LogP) is 4.29. The SMILES string of the molecule is Cc1cccc(-c2nc(N)sc2Cc2ccccc2)c1. The molecule has 2 aromatic carbocycles. The lowest BCUT2D eigenvalue weighted by Gasteiger charge is -2.04. The van der Waals surface area contributed by atoms with E-state index in [1.54, 1.807) is 11.3 Å². The van der Waals surface area contributed by atoms with Crippen molar-refractivity contribution in [2.24, 2.45) is 0 Å². The minimum atomic E-state index is 0.632. The zero-order valence-corrected chi connectivity index (χ0v) is 12.2. The largest absolute Gasteiger partial charge is 0.375 e. The maximum Gasteiger partial charge on any atom is 0.180 e. The fraction of sp³-hybridized carbons (Fsp3) is 0.118. The van der Waals surface area contributed by atoms with Crippen LogP contribution in [-0.2, 0) is 6.42 Å². The quantitative estimate of drug-likeness (QED) is 0.777. The van der Waals surface area contributed by atoms with Crippen LogP contribution in [0, 0.1) is 6.92 Å². The van der Waals surface area contributed by atoms with Gasteiger partial charge in [0.15, 0.2) is 5.13 Å². The van der Waals surface area contributed by atoms with Gasteiger partial charge < -0.3 is 5.73 Å². The summed E-state index contributed by atoms with van der Waals surface area (Å²) in [5, 5.41) is 0.632. The van der Waals surface area contributed by atoms with Gasteiger partial charge in [-0.1, -0.05) is 54.1 Å². The van der Waals surface area contributed by atoms with Gasteiger partial charge in [0.2, 0.25) is 0 Å². The molecule has 1 aromatic heterocycles. The van der Waals surface area contributed by atoms with E-state index in [-0.39, 0.29) is 0 Å². The number of aromatic nitrogens is 1. The van der Waals surface area contributed by atoms with E-state index < -0.39 is 0 Å². The van der Waals surface area contributed by atoms with Crippen LogP contribution in [0.4, 0.5) is 5.13 Å². The number of nitrogens with two attached hydrogens (primary N) is 1. The molecule has 3 heteroatoms. The second kappa shape index (κ2) is 5.47. The average Bonchev–Trinajstić information content (AvgIpc) is 2.81. The fourth-order valence-corrected chi connectivity index (χ4v) is 3.18. The van der Waals surface area contributed by atoms with E-state index in [9.17, 15) is 0 Å². The number of nitrogens with zero attached hydrogens (tertiary/aromatic N) is 1. The van der Waals surface area contributed by atoms with Gasteiger partial charge in [0.25, 0.3) is 0 Å². The Balaban J connectivity index is 2.00. The molecule has 1 heterocycles. The van der Waals surface area contributed by atoms with E-state index in [4.69, 9.17) is 5.73 Å². The maximum atomic E-state index is 5.92. The third kappa shape index (κ3) is 2.73. The summed E-state index contributed by atoms with van der Waals surface area (Å²) in [4.78, 5) is 5.74. The number of hydrogen-bond donors (Lipinski definition) is 1. The van der Waals surface area contributed by atoms with Crippen LogP contribution in [0.2, 0.25) is 0 Å². The van der Waals surface area contributed by atoms with Crippen molar-refractivity contribution in [3.63, 3.8) is 0 Å². The monoisotopic (exact) mass is 280 g/mol. The van der Waals surface area contributed by atoms with Crippen molar-refractivity contribution in [2.75, 3.05) is 5.73 Å². The number of benzene rings is 2. The number of hydrogen-bond acceptors (Lipinski definition) is 3. The van der Waals surface area contributed by atoms with Crippen molar-refractivity contribution in [3.8, 4) is 11.3 Å². The van der Waals surface area contributed by atoms with E-state index in [0.717, 1.165) is 17.7 Å². The van der Waals surface area contributed by atoms with Crippen molar-refractivity contribution >= 4 is 16.5 Å². The molecule has 0 atom stereocenters. The highest BCUT2D eigenvalue weighted by Gasteiger charge is 2.12. The maximum absolute atomic E-state index is 5.92. The van der Waals surface area contributed by atoms with Crippen molar-refractivity contribution in [3.05, 3.63) is 70.6 Å². The van der Waals surface area contributed by atoms with Crippen molar-refractivity contribution in [1.82, 2.24) is 4.98 Å². The van der Waals surface area contributed by atoms with Gasteiger partial charge in [-0.2, -0.15) is 0 Å². The molecular formula is C17H16N2S. The zero-order chi connectivity index (χ0) is 13.9. The van der Waals surface area contributed by atoms with Crippen LogP contribution in [0.5, 0.6) is 0 Å². The smallest absolute Gasteiger partial charge is 0.180 e. The number of nitrogen functional groups attached to an aromatic ring is 1. The molecule has 3 rings (SSSR count). The van der Waals surface area contributed by atoms with Gasteiger partial charge in [0, 0.05) is 16.9 Å². The van der Waals surface area contributed by atoms with Gasteiger partial charge in [-0.15, -0.1) is 11.3 Å². The van der Waals surface area contributed by atoms with Crippen LogP contribution >= 0.6 is 11.3 Å². The van der Waals surface area contributed by atoms with E-state index in [0.29, 0.717) is 5.13 Å². The molecule has 0 bridgehead atoms. The molecule has 0 radical (unpaired) electrons. The number of aryl methyl sites for hydroxylation is 1. The summed E-state index contributed by atoms with van der Waals surface area (Å²) in [5.74, 6) is 0. The molecule has 2 nitrogen and oxygen atoms in total. The third-order valence-electron chi connectivity index (χ3n) is 3.21. The molecule has 0 spiro atoms. The normalized spacial score (nSPS) is 10.7. The van der Waals surface area contributed by atoms with Crippen LogP contribution < -0.4 is 5.73 Å². The minimum absolute atomic E-state index is 0.632. The van der Waals surface area contributed by atoms with Crippen LogP contribution in [0.3, 0.4) is 0 Å². The highest BCUT2D eigenvalue weighted by Crippen LogP contribution is 2.31. The van der Waals surface area contributed by atoms with Crippen LogP contribution in [0.25, 0.3) is 11.3 Å². The van der Waals surface area contributed by atoms with Crippen LogP contribution in [0.1, 0.15) is 16.0 Å². The lowest BCUT2D eigenvalue weighted by atomic mass is 10.0. The van der Waals surface area contributed by atoms with E-state index in [2.05, 4.69) is 60.4 Å². The molecule has 0 fully saturated rings. The lowest BCUT2D eigenvalue weighted by Crippen LogP contribution is -1.89. The molecule has 3 aromatic rings. The summed E-state index contributed by atoms with van der Waals surface area (Å²) < 4.78 is 0. The number of rotatable bonds is 3. The lowest BCUT2D eigenvalue weighted by molar-refractivity contribution is 1.22. The summed E-state index contributed by atoms with van der Waals surface area (Å²) in [6.45, 7) is 2.09. The molecule has 0 aliphatic heterocycles. The Bertz CT molecular complexity index is 717. The first-order valence-electron chi connectivity index (χ1n) is 6.58. The Morgan fingerprint density at radius 1 is 1.05 bits per heavy atom. The van der Waals surface area contributed by atoms with Gasteiger partial charge in [0.05, 0.1) is 5.69 Å². The van der Waals surface area contributed by atoms with E-state index >= 15 is 0 Å². The summed E-state index contributed by atoms with van der Waals surface area (Å²) >= 11 is 1.58. The second-order valence-electron chi connectivity index (χ2n) is 4.86. The summed E-state index contributed by atoms with van der Waals surface area (Å²) in [5.41, 5.74) is 10.6. The predicted molar refractivity (Wildman–Crippen MR) is 85.9 cm³/mol. The Morgan fingerprint density at radius 3 is 2.60 bits per heavy atom. The molecule has 0 unspecified atom stereocenters. The second-order valence-corrected chi connectivity index (χ2v) is 5.97. The van der Waals surface area contributed by atoms with Gasteiger partial charge in [-0.25, -0.2) is 4.98 Å². The first kappa shape index (κ1) is 12.9. The van der Waals surface area contributed by atoms with Crippen LogP contribution in [-0.4, -0.2) is 4.98 Å². The molecule has 100 valence electrons. The Morgan fingerprint density at radius 2 is 1.85 bits per heavy atom.